The Kier molecular flexibility index (Phi) is 6.99. The first-order valence-electron chi connectivity index (χ1n) is 5.24. The summed E-state index contributed by atoms with van der Waals surface area (Å²) in [5.41, 5.74) is 8.57. The van der Waals surface area contributed by atoms with Crippen LogP contribution in [-0.2, 0) is 8.87 Å². The average Bonchev–Trinajstić information content (AvgIpc) is 2.39. The minimum atomic E-state index is -3.96. The van der Waals surface area contributed by atoms with E-state index in [0.717, 1.165) is 6.26 Å². The lowest BCUT2D eigenvalue weighted by Crippen LogP contribution is -2.26. The summed E-state index contributed by atoms with van der Waals surface area (Å²) in [7, 11) is -6.00. The molecule has 0 aromatic heterocycles. The number of hydrogen-bond donors (Lipinski definition) is 2. The van der Waals surface area contributed by atoms with Crippen LogP contribution in [0.3, 0.4) is 0 Å². The van der Waals surface area contributed by atoms with Gasteiger partial charge in [0, 0.05) is 6.26 Å². The summed E-state index contributed by atoms with van der Waals surface area (Å²) in [6.45, 7) is 0. The maximum atomic E-state index is 13.8. The Labute approximate surface area is 136 Å². The van der Waals surface area contributed by atoms with Crippen molar-refractivity contribution in [1.29, 1.82) is 0 Å². The minimum Gasteiger partial charge on any atom is -0.370 e. The number of guanidine groups is 1. The Morgan fingerprint density at radius 3 is 1.61 bits per heavy atom. The van der Waals surface area contributed by atoms with Crippen molar-refractivity contribution < 1.29 is 30.4 Å². The van der Waals surface area contributed by atoms with E-state index in [0.29, 0.717) is 6.26 Å². The molecule has 1 rings (SSSR count). The summed E-state index contributed by atoms with van der Waals surface area (Å²) in [5, 5.41) is 0. The molecule has 0 aliphatic heterocycles. The first-order chi connectivity index (χ1) is 9.89. The van der Waals surface area contributed by atoms with Crippen molar-refractivity contribution in [2.75, 3.05) is 12.5 Å². The van der Waals surface area contributed by atoms with Crippen molar-refractivity contribution in [1.82, 2.24) is 0 Å². The number of aliphatic imine (C=N–C) groups is 1. The summed E-state index contributed by atoms with van der Waals surface area (Å²) in [4.78, 5) is 2.27. The number of nitrogens with zero attached hydrogens (tertiary/aromatic N) is 1. The minimum absolute atomic E-state index is 0. The lowest BCUT2D eigenvalue weighted by atomic mass is 10.1. The highest BCUT2D eigenvalue weighted by molar-refractivity contribution is 8.79. The number of rotatable bonds is 2. The Balaban J connectivity index is 0.00000484. The molecule has 23 heavy (non-hydrogen) atoms. The Hall–Kier alpha value is -1.40. The molecule has 0 amide bonds. The highest BCUT2D eigenvalue weighted by Crippen LogP contribution is 2.29. The zero-order valence-electron chi connectivity index (χ0n) is 11.5. The van der Waals surface area contributed by atoms with Gasteiger partial charge in [0.25, 0.3) is 0 Å². The molecule has 0 saturated carbocycles. The molecule has 0 aliphatic rings. The third-order valence-corrected chi connectivity index (χ3v) is 7.33. The summed E-state index contributed by atoms with van der Waals surface area (Å²) in [6, 6.07) is 0. The van der Waals surface area contributed by atoms with Crippen LogP contribution in [0.15, 0.2) is 4.99 Å². The molecule has 0 saturated heterocycles. The fraction of sp³-hybridized carbons (Fsp3) is 0.200. The lowest BCUT2D eigenvalue weighted by Gasteiger charge is -2.12. The van der Waals surface area contributed by atoms with Crippen molar-refractivity contribution >= 4 is 41.7 Å². The van der Waals surface area contributed by atoms with Crippen LogP contribution in [0.1, 0.15) is 5.56 Å². The summed E-state index contributed by atoms with van der Waals surface area (Å²) in [6.07, 6.45) is 1.67. The van der Waals surface area contributed by atoms with E-state index in [-0.39, 0.29) is 12.4 Å². The van der Waals surface area contributed by atoms with Gasteiger partial charge in [0.15, 0.2) is 38.1 Å². The fourth-order valence-corrected chi connectivity index (χ4v) is 3.53. The van der Waals surface area contributed by atoms with Crippen LogP contribution in [0.5, 0.6) is 0 Å². The van der Waals surface area contributed by atoms with Gasteiger partial charge in [0.05, 0.1) is 5.56 Å². The largest absolute Gasteiger partial charge is 0.370 e. The van der Waals surface area contributed by atoms with Gasteiger partial charge in [-0.25, -0.2) is 35.4 Å². The summed E-state index contributed by atoms with van der Waals surface area (Å²) in [5.74, 6) is -12.1. The second-order valence-corrected chi connectivity index (χ2v) is 9.96. The van der Waals surface area contributed by atoms with E-state index >= 15 is 0 Å². The van der Waals surface area contributed by atoms with Gasteiger partial charge in [-0.05, 0) is 15.8 Å². The molecule has 0 fully saturated rings. The molecule has 0 heterocycles. The SMILES string of the molecule is C/S(=C(/N=C(N)N)c1c(F)c(F)c(F)c(F)c1F)S(C)(=O)=O.Cl. The molecule has 0 radical (unpaired) electrons. The zero-order chi connectivity index (χ0) is 17.4. The predicted octanol–water partition coefficient (Wildman–Crippen LogP) is 1.41. The van der Waals surface area contributed by atoms with Gasteiger partial charge in [0.2, 0.25) is 5.82 Å². The number of benzene rings is 1. The monoisotopic (exact) mass is 399 g/mol. The third-order valence-electron chi connectivity index (χ3n) is 2.38. The third kappa shape index (κ3) is 4.32. The standard InChI is InChI=1S/C10H10F5N3O2S2.ClH/c1-21(22(2,19)20)9(18-10(16)17)3-4(11)6(13)8(15)7(14)5(3)12;/h1-2H3,(H4,16,17,18);1H. The number of hydrogen-bond acceptors (Lipinski definition) is 2. The van der Waals surface area contributed by atoms with Crippen molar-refractivity contribution in [3.8, 4) is 0 Å². The predicted molar refractivity (Wildman–Crippen MR) is 81.8 cm³/mol. The van der Waals surface area contributed by atoms with Gasteiger partial charge >= 0.3 is 0 Å². The van der Waals surface area contributed by atoms with Crippen LogP contribution in [0.4, 0.5) is 22.0 Å². The van der Waals surface area contributed by atoms with Crippen LogP contribution < -0.4 is 11.5 Å². The van der Waals surface area contributed by atoms with E-state index in [4.69, 9.17) is 11.5 Å². The molecule has 1 atom stereocenters. The fourth-order valence-electron chi connectivity index (χ4n) is 1.32. The van der Waals surface area contributed by atoms with Crippen LogP contribution in [0.25, 0.3) is 0 Å². The van der Waals surface area contributed by atoms with Crippen molar-refractivity contribution in [3.63, 3.8) is 0 Å². The van der Waals surface area contributed by atoms with Crippen molar-refractivity contribution in [2.24, 2.45) is 16.5 Å². The van der Waals surface area contributed by atoms with Crippen LogP contribution >= 0.6 is 21.9 Å². The van der Waals surface area contributed by atoms with Gasteiger partial charge in [0.1, 0.15) is 4.99 Å². The molecule has 132 valence electrons. The van der Waals surface area contributed by atoms with E-state index in [1.165, 1.54) is 0 Å². The lowest BCUT2D eigenvalue weighted by molar-refractivity contribution is 0.377. The zero-order valence-corrected chi connectivity index (χ0v) is 14.0. The van der Waals surface area contributed by atoms with E-state index in [1.807, 2.05) is 0 Å². The highest BCUT2D eigenvalue weighted by Gasteiger charge is 2.30. The molecule has 0 bridgehead atoms. The average molecular weight is 400 g/mol. The Morgan fingerprint density at radius 1 is 0.957 bits per heavy atom. The summed E-state index contributed by atoms with van der Waals surface area (Å²) >= 11 is 0. The van der Waals surface area contributed by atoms with Crippen molar-refractivity contribution in [2.45, 2.75) is 0 Å². The molecule has 5 nitrogen and oxygen atoms in total. The highest BCUT2D eigenvalue weighted by atomic mass is 35.5. The molecule has 1 unspecified atom stereocenters. The first kappa shape index (κ1) is 21.6. The molecule has 1 aromatic carbocycles. The van der Waals surface area contributed by atoms with Crippen LogP contribution in [-0.4, -0.2) is 31.9 Å². The van der Waals surface area contributed by atoms with Gasteiger partial charge in [-0.15, -0.1) is 12.4 Å². The molecular weight excluding hydrogens is 389 g/mol. The van der Waals surface area contributed by atoms with Gasteiger partial charge in [-0.2, -0.15) is 0 Å². The molecular formula is C10H11ClF5N3O2S2. The number of nitrogens with two attached hydrogens (primary N) is 2. The van der Waals surface area contributed by atoms with E-state index < -0.39 is 64.0 Å². The van der Waals surface area contributed by atoms with E-state index in [2.05, 4.69) is 4.99 Å². The van der Waals surface area contributed by atoms with Crippen LogP contribution in [0.2, 0.25) is 0 Å². The second-order valence-electron chi connectivity index (χ2n) is 3.94. The number of halogens is 6. The molecule has 0 aliphatic carbocycles. The molecule has 13 heteroatoms. The summed E-state index contributed by atoms with van der Waals surface area (Å²) < 4.78 is 90.1. The maximum absolute atomic E-state index is 13.8. The van der Waals surface area contributed by atoms with Gasteiger partial charge < -0.3 is 11.5 Å². The van der Waals surface area contributed by atoms with Crippen molar-refractivity contribution in [3.05, 3.63) is 34.6 Å². The van der Waals surface area contributed by atoms with E-state index in [1.54, 1.807) is 0 Å². The van der Waals surface area contributed by atoms with Gasteiger partial charge in [-0.3, -0.25) is 0 Å². The topological polar surface area (TPSA) is 98.5 Å². The van der Waals surface area contributed by atoms with Crippen LogP contribution in [0, 0.1) is 29.1 Å². The Morgan fingerprint density at radius 2 is 1.30 bits per heavy atom. The second kappa shape index (κ2) is 7.45. The van der Waals surface area contributed by atoms with Gasteiger partial charge in [-0.1, -0.05) is 0 Å². The molecule has 0 spiro atoms. The smallest absolute Gasteiger partial charge is 0.200 e. The Bertz CT molecular complexity index is 778. The normalized spacial score (nSPS) is 13.1. The maximum Gasteiger partial charge on any atom is 0.200 e. The van der Waals surface area contributed by atoms with E-state index in [9.17, 15) is 30.4 Å². The molecule has 1 aromatic rings. The first-order valence-corrected chi connectivity index (χ1v) is 9.28. The quantitative estimate of drug-likeness (QED) is 0.149. The molecule has 4 N–H and O–H groups in total.